The van der Waals surface area contributed by atoms with Crippen LogP contribution in [0.2, 0.25) is 0 Å². The molecule has 36 heavy (non-hydrogen) atoms. The molecule has 1 aliphatic carbocycles. The van der Waals surface area contributed by atoms with Crippen LogP contribution in [-0.4, -0.2) is 52.0 Å². The van der Waals surface area contributed by atoms with Gasteiger partial charge in [-0.1, -0.05) is 0 Å². The topological polar surface area (TPSA) is 123 Å². The molecule has 11 heteroatoms. The summed E-state index contributed by atoms with van der Waals surface area (Å²) < 4.78 is 25.8. The number of esters is 1. The predicted octanol–water partition coefficient (Wildman–Crippen LogP) is 2.75. The molecule has 1 saturated carbocycles. The van der Waals surface area contributed by atoms with Gasteiger partial charge in [0.1, 0.15) is 18.0 Å². The largest absolute Gasteiger partial charge is 0.487 e. The van der Waals surface area contributed by atoms with E-state index in [0.717, 1.165) is 16.8 Å². The van der Waals surface area contributed by atoms with Crippen LogP contribution in [0.25, 0.3) is 5.69 Å². The molecule has 184 valence electrons. The minimum absolute atomic E-state index is 0.000651. The van der Waals surface area contributed by atoms with Gasteiger partial charge >= 0.3 is 5.97 Å². The molecule has 0 N–H and O–H groups in total. The summed E-state index contributed by atoms with van der Waals surface area (Å²) in [5.41, 5.74) is 0.245. The van der Waals surface area contributed by atoms with Crippen LogP contribution in [0.1, 0.15) is 53.2 Å². The predicted molar refractivity (Wildman–Crippen MR) is 126 cm³/mol. The number of halogens is 1. The van der Waals surface area contributed by atoms with Gasteiger partial charge in [0.25, 0.3) is 5.56 Å². The van der Waals surface area contributed by atoms with Crippen LogP contribution in [0.3, 0.4) is 0 Å². The van der Waals surface area contributed by atoms with Crippen molar-refractivity contribution in [1.82, 2.24) is 19.7 Å². The molecule has 2 fully saturated rings. The van der Waals surface area contributed by atoms with Gasteiger partial charge in [-0.05, 0) is 36.5 Å². The molecule has 0 spiro atoms. The van der Waals surface area contributed by atoms with Crippen molar-refractivity contribution in [2.75, 3.05) is 25.1 Å². The normalized spacial score (nSPS) is 15.9. The molecule has 2 aromatic heterocycles. The molecular formula is C25H23FN6O4. The fourth-order valence-electron chi connectivity index (χ4n) is 4.15. The summed E-state index contributed by atoms with van der Waals surface area (Å²) in [6.45, 7) is 1.30. The van der Waals surface area contributed by atoms with Crippen molar-refractivity contribution in [2.45, 2.75) is 37.7 Å². The van der Waals surface area contributed by atoms with E-state index in [4.69, 9.17) is 14.7 Å². The van der Waals surface area contributed by atoms with Gasteiger partial charge in [0, 0.05) is 44.4 Å². The summed E-state index contributed by atoms with van der Waals surface area (Å²) in [5.74, 6) is -0.328. The molecule has 5 rings (SSSR count). The Kier molecular flexibility index (Phi) is 6.33. The first-order valence-corrected chi connectivity index (χ1v) is 11.6. The molecule has 0 unspecified atom stereocenters. The number of carbonyl (C=O) groups is 1. The third-order valence-electron chi connectivity index (χ3n) is 6.32. The Balaban J connectivity index is 1.32. The van der Waals surface area contributed by atoms with Gasteiger partial charge in [-0.3, -0.25) is 4.79 Å². The summed E-state index contributed by atoms with van der Waals surface area (Å²) in [7, 11) is 1.19. The van der Waals surface area contributed by atoms with Crippen molar-refractivity contribution in [3.8, 4) is 17.5 Å². The van der Waals surface area contributed by atoms with Gasteiger partial charge in [0.2, 0.25) is 11.6 Å². The maximum Gasteiger partial charge on any atom is 0.362 e. The van der Waals surface area contributed by atoms with Gasteiger partial charge in [-0.25, -0.2) is 19.2 Å². The summed E-state index contributed by atoms with van der Waals surface area (Å²) in [6, 6.07) is 6.46. The number of rotatable bonds is 6. The first kappa shape index (κ1) is 23.4. The zero-order valence-electron chi connectivity index (χ0n) is 19.6. The van der Waals surface area contributed by atoms with Crippen LogP contribution >= 0.6 is 0 Å². The molecule has 1 aromatic carbocycles. The van der Waals surface area contributed by atoms with E-state index in [-0.39, 0.29) is 28.8 Å². The number of nitrogens with zero attached hydrogens (tertiary/aromatic N) is 6. The first-order valence-electron chi connectivity index (χ1n) is 11.6. The molecule has 2 aliphatic rings. The number of ether oxygens (including phenoxy) is 2. The molecular weight excluding hydrogens is 467 g/mol. The smallest absolute Gasteiger partial charge is 0.362 e. The van der Waals surface area contributed by atoms with Gasteiger partial charge in [0.15, 0.2) is 5.75 Å². The minimum atomic E-state index is -0.804. The van der Waals surface area contributed by atoms with Gasteiger partial charge in [0.05, 0.1) is 24.4 Å². The molecule has 3 heterocycles. The highest BCUT2D eigenvalue weighted by Gasteiger charge is 2.27. The highest BCUT2D eigenvalue weighted by molar-refractivity contribution is 5.90. The van der Waals surface area contributed by atoms with Gasteiger partial charge in [-0.2, -0.15) is 15.0 Å². The van der Waals surface area contributed by atoms with E-state index in [1.807, 2.05) is 12.4 Å². The zero-order chi connectivity index (χ0) is 25.2. The lowest BCUT2D eigenvalue weighted by atomic mass is 10.1. The fraction of sp³-hybridized carbons (Fsp3) is 0.360. The number of nitriles is 1. The summed E-state index contributed by atoms with van der Waals surface area (Å²) in [5, 5.41) is 13.0. The number of hydrogen-bond acceptors (Lipinski definition) is 9. The van der Waals surface area contributed by atoms with Crippen LogP contribution in [-0.2, 0) is 4.74 Å². The lowest BCUT2D eigenvalue weighted by Crippen LogP contribution is -2.39. The van der Waals surface area contributed by atoms with Gasteiger partial charge in [-0.15, -0.1) is 0 Å². The number of piperidine rings is 1. The van der Waals surface area contributed by atoms with Gasteiger partial charge < -0.3 is 14.4 Å². The van der Waals surface area contributed by atoms with E-state index in [1.165, 1.54) is 37.6 Å². The molecule has 0 amide bonds. The maximum atomic E-state index is 14.1. The van der Waals surface area contributed by atoms with Crippen molar-refractivity contribution in [3.63, 3.8) is 0 Å². The Labute approximate surface area is 205 Å². The standard InChI is InChI=1S/C25H23FN6O4/c1-35-24(34)23-21(11-22(33)32(30-23)18-5-4-16(12-27)20(26)10-18)36-19-6-8-31(9-7-19)25-28-13-17(14-29-25)15-2-3-15/h4-5,10-11,13-15,19H,2-3,6-9H2,1H3. The lowest BCUT2D eigenvalue weighted by molar-refractivity contribution is 0.0581. The van der Waals surface area contributed by atoms with Crippen molar-refractivity contribution < 1.29 is 18.7 Å². The Morgan fingerprint density at radius 2 is 1.86 bits per heavy atom. The third kappa shape index (κ3) is 4.75. The summed E-state index contributed by atoms with van der Waals surface area (Å²) >= 11 is 0. The van der Waals surface area contributed by atoms with E-state index in [0.29, 0.717) is 37.8 Å². The van der Waals surface area contributed by atoms with Crippen LogP contribution in [0.5, 0.6) is 5.75 Å². The highest BCUT2D eigenvalue weighted by atomic mass is 19.1. The number of anilines is 1. The minimum Gasteiger partial charge on any atom is -0.487 e. The quantitative estimate of drug-likeness (QED) is 0.480. The fourth-order valence-corrected chi connectivity index (χ4v) is 4.15. The molecule has 0 radical (unpaired) electrons. The second kappa shape index (κ2) is 9.73. The number of hydrogen-bond donors (Lipinski definition) is 0. The Hall–Kier alpha value is -4.33. The van der Waals surface area contributed by atoms with E-state index in [1.54, 1.807) is 6.07 Å². The Morgan fingerprint density at radius 3 is 2.47 bits per heavy atom. The molecule has 10 nitrogen and oxygen atoms in total. The molecule has 0 atom stereocenters. The average molecular weight is 490 g/mol. The number of benzene rings is 1. The van der Waals surface area contributed by atoms with E-state index >= 15 is 0 Å². The van der Waals surface area contributed by atoms with E-state index < -0.39 is 17.3 Å². The number of carbonyl (C=O) groups excluding carboxylic acids is 1. The average Bonchev–Trinajstić information content (AvgIpc) is 3.75. The van der Waals surface area contributed by atoms with Crippen molar-refractivity contribution in [1.29, 1.82) is 5.26 Å². The highest BCUT2D eigenvalue weighted by Crippen LogP contribution is 2.39. The van der Waals surface area contributed by atoms with Crippen LogP contribution in [0, 0.1) is 17.1 Å². The van der Waals surface area contributed by atoms with Crippen molar-refractivity contribution in [2.24, 2.45) is 0 Å². The first-order chi connectivity index (χ1) is 17.5. The third-order valence-corrected chi connectivity index (χ3v) is 6.32. The van der Waals surface area contributed by atoms with Crippen LogP contribution in [0.4, 0.5) is 10.3 Å². The maximum absolute atomic E-state index is 14.1. The Bertz CT molecular complexity index is 1390. The molecule has 0 bridgehead atoms. The number of methoxy groups -OCH3 is 1. The van der Waals surface area contributed by atoms with Crippen molar-refractivity contribution in [3.05, 3.63) is 69.7 Å². The molecule has 1 aliphatic heterocycles. The summed E-state index contributed by atoms with van der Waals surface area (Å²) in [6.07, 6.45) is 7.17. The van der Waals surface area contributed by atoms with Crippen LogP contribution < -0.4 is 15.2 Å². The van der Waals surface area contributed by atoms with Crippen LogP contribution in [0.15, 0.2) is 41.5 Å². The molecule has 1 saturated heterocycles. The van der Waals surface area contributed by atoms with E-state index in [2.05, 4.69) is 20.0 Å². The second-order valence-electron chi connectivity index (χ2n) is 8.77. The zero-order valence-corrected chi connectivity index (χ0v) is 19.6. The monoisotopic (exact) mass is 490 g/mol. The SMILES string of the molecule is COC(=O)c1nn(-c2ccc(C#N)c(F)c2)c(=O)cc1OC1CCN(c2ncc(C3CC3)cn2)CC1. The van der Waals surface area contributed by atoms with Crippen molar-refractivity contribution >= 4 is 11.9 Å². The Morgan fingerprint density at radius 1 is 1.14 bits per heavy atom. The van der Waals surface area contributed by atoms with E-state index in [9.17, 15) is 14.0 Å². The summed E-state index contributed by atoms with van der Waals surface area (Å²) in [4.78, 5) is 36.3. The second-order valence-corrected chi connectivity index (χ2v) is 8.77. The molecule has 3 aromatic rings. The number of aromatic nitrogens is 4. The lowest BCUT2D eigenvalue weighted by Gasteiger charge is -2.32.